The van der Waals surface area contributed by atoms with E-state index in [0.29, 0.717) is 31.1 Å². The minimum atomic E-state index is -0.101. The van der Waals surface area contributed by atoms with E-state index in [4.69, 9.17) is 4.74 Å². The summed E-state index contributed by atoms with van der Waals surface area (Å²) in [5.41, 5.74) is 0.579. The number of pyridine rings is 1. The number of hydrogen-bond donors (Lipinski definition) is 2. The highest BCUT2D eigenvalue weighted by Crippen LogP contribution is 2.10. The first-order valence-electron chi connectivity index (χ1n) is 6.34. The number of nitrogens with one attached hydrogen (secondary N) is 2. The number of hydrogen-bond acceptors (Lipinski definition) is 4. The fraction of sp³-hybridized carbons (Fsp3) is 0.538. The van der Waals surface area contributed by atoms with E-state index in [-0.39, 0.29) is 5.91 Å². The summed E-state index contributed by atoms with van der Waals surface area (Å²) in [7, 11) is 0. The number of amides is 1. The van der Waals surface area contributed by atoms with E-state index in [1.54, 1.807) is 18.3 Å². The molecule has 0 fully saturated rings. The predicted molar refractivity (Wildman–Crippen MR) is 71.8 cm³/mol. The third-order valence-corrected chi connectivity index (χ3v) is 2.35. The van der Waals surface area contributed by atoms with Gasteiger partial charge < -0.3 is 15.4 Å². The van der Waals surface area contributed by atoms with Gasteiger partial charge in [-0.1, -0.05) is 0 Å². The predicted octanol–water partition coefficient (Wildman–Crippen LogP) is 1.67. The van der Waals surface area contributed by atoms with Crippen LogP contribution in [0.2, 0.25) is 0 Å². The first-order valence-corrected chi connectivity index (χ1v) is 6.34. The molecule has 0 aliphatic carbocycles. The Morgan fingerprint density at radius 1 is 1.44 bits per heavy atom. The zero-order valence-electron chi connectivity index (χ0n) is 11.0. The van der Waals surface area contributed by atoms with Crippen molar-refractivity contribution in [3.63, 3.8) is 0 Å². The van der Waals surface area contributed by atoms with Crippen molar-refractivity contribution in [3.05, 3.63) is 23.9 Å². The summed E-state index contributed by atoms with van der Waals surface area (Å²) in [6.45, 7) is 6.65. The Labute approximate surface area is 108 Å². The molecule has 2 N–H and O–H groups in total. The number of carbonyl (C=O) groups excluding carboxylic acids is 1. The monoisotopic (exact) mass is 251 g/mol. The smallest absolute Gasteiger partial charge is 0.255 e. The lowest BCUT2D eigenvalue weighted by atomic mass is 10.2. The second kappa shape index (κ2) is 8.47. The molecule has 1 amide bonds. The Balaban J connectivity index is 2.45. The van der Waals surface area contributed by atoms with Crippen LogP contribution >= 0.6 is 0 Å². The van der Waals surface area contributed by atoms with Gasteiger partial charge in [-0.15, -0.1) is 0 Å². The van der Waals surface area contributed by atoms with Crippen LogP contribution in [0.25, 0.3) is 0 Å². The summed E-state index contributed by atoms with van der Waals surface area (Å²) in [6.07, 6.45) is 2.49. The molecule has 1 aromatic rings. The van der Waals surface area contributed by atoms with E-state index in [9.17, 15) is 4.79 Å². The normalized spacial score (nSPS) is 10.1. The second-order valence-corrected chi connectivity index (χ2v) is 3.74. The van der Waals surface area contributed by atoms with E-state index >= 15 is 0 Å². The lowest BCUT2D eigenvalue weighted by molar-refractivity contribution is 0.0945. The molecule has 0 spiro atoms. The molecule has 0 saturated carbocycles. The van der Waals surface area contributed by atoms with Crippen LogP contribution in [-0.2, 0) is 4.74 Å². The lowest BCUT2D eigenvalue weighted by Gasteiger charge is -2.09. The fourth-order valence-electron chi connectivity index (χ4n) is 1.51. The number of aromatic nitrogens is 1. The topological polar surface area (TPSA) is 63.2 Å². The van der Waals surface area contributed by atoms with Crippen molar-refractivity contribution in [2.45, 2.75) is 20.3 Å². The molecule has 5 nitrogen and oxygen atoms in total. The molecule has 0 radical (unpaired) electrons. The van der Waals surface area contributed by atoms with Gasteiger partial charge in [-0.3, -0.25) is 4.79 Å². The van der Waals surface area contributed by atoms with E-state index in [2.05, 4.69) is 15.6 Å². The van der Waals surface area contributed by atoms with Crippen molar-refractivity contribution in [2.24, 2.45) is 0 Å². The molecule has 0 saturated heterocycles. The van der Waals surface area contributed by atoms with Crippen LogP contribution in [-0.4, -0.2) is 37.2 Å². The number of rotatable bonds is 8. The summed E-state index contributed by atoms with van der Waals surface area (Å²) in [6, 6.07) is 3.53. The van der Waals surface area contributed by atoms with Crippen molar-refractivity contribution in [3.8, 4) is 0 Å². The molecule has 18 heavy (non-hydrogen) atoms. The van der Waals surface area contributed by atoms with Gasteiger partial charge in [0.15, 0.2) is 0 Å². The first kappa shape index (κ1) is 14.4. The van der Waals surface area contributed by atoms with Gasteiger partial charge in [0.05, 0.1) is 5.56 Å². The van der Waals surface area contributed by atoms with Crippen molar-refractivity contribution in [1.82, 2.24) is 10.3 Å². The third kappa shape index (κ3) is 4.71. The van der Waals surface area contributed by atoms with Gasteiger partial charge in [-0.25, -0.2) is 4.98 Å². The third-order valence-electron chi connectivity index (χ3n) is 2.35. The van der Waals surface area contributed by atoms with E-state index in [1.807, 2.05) is 13.8 Å². The molecular formula is C13H21N3O2. The largest absolute Gasteiger partial charge is 0.382 e. The lowest BCUT2D eigenvalue weighted by Crippen LogP contribution is -2.26. The molecule has 1 rings (SSSR count). The second-order valence-electron chi connectivity index (χ2n) is 3.74. The SMILES string of the molecule is CCNc1ncccc1C(=O)NCCCOCC. The summed E-state index contributed by atoms with van der Waals surface area (Å²) < 4.78 is 5.21. The van der Waals surface area contributed by atoms with E-state index < -0.39 is 0 Å². The standard InChI is InChI=1S/C13H21N3O2/c1-3-14-12-11(7-5-8-15-12)13(17)16-9-6-10-18-4-2/h5,7-8H,3-4,6,9-10H2,1-2H3,(H,14,15)(H,16,17). The number of anilines is 1. The Morgan fingerprint density at radius 3 is 3.00 bits per heavy atom. The molecule has 0 bridgehead atoms. The van der Waals surface area contributed by atoms with Crippen molar-refractivity contribution in [1.29, 1.82) is 0 Å². The molecule has 0 aromatic carbocycles. The van der Waals surface area contributed by atoms with Crippen LogP contribution in [0.1, 0.15) is 30.6 Å². The molecule has 1 aromatic heterocycles. The van der Waals surface area contributed by atoms with Crippen LogP contribution in [0, 0.1) is 0 Å². The maximum Gasteiger partial charge on any atom is 0.255 e. The maximum atomic E-state index is 11.9. The van der Waals surface area contributed by atoms with Crippen molar-refractivity contribution in [2.75, 3.05) is 31.6 Å². The zero-order chi connectivity index (χ0) is 13.2. The van der Waals surface area contributed by atoms with Gasteiger partial charge >= 0.3 is 0 Å². The molecule has 0 unspecified atom stereocenters. The highest BCUT2D eigenvalue weighted by Gasteiger charge is 2.10. The average molecular weight is 251 g/mol. The summed E-state index contributed by atoms with van der Waals surface area (Å²) in [5, 5.41) is 5.93. The number of carbonyl (C=O) groups is 1. The quantitative estimate of drug-likeness (QED) is 0.690. The van der Waals surface area contributed by atoms with Crippen LogP contribution in [0.4, 0.5) is 5.82 Å². The summed E-state index contributed by atoms with van der Waals surface area (Å²) in [5.74, 6) is 0.526. The maximum absolute atomic E-state index is 11.9. The van der Waals surface area contributed by atoms with Gasteiger partial charge in [0.1, 0.15) is 5.82 Å². The molecule has 0 atom stereocenters. The van der Waals surface area contributed by atoms with Crippen molar-refractivity contribution < 1.29 is 9.53 Å². The average Bonchev–Trinajstić information content (AvgIpc) is 2.39. The molecular weight excluding hydrogens is 230 g/mol. The van der Waals surface area contributed by atoms with Gasteiger partial charge in [0.2, 0.25) is 0 Å². The van der Waals surface area contributed by atoms with Gasteiger partial charge in [-0.2, -0.15) is 0 Å². The minimum Gasteiger partial charge on any atom is -0.382 e. The molecule has 0 aliphatic rings. The van der Waals surface area contributed by atoms with Crippen LogP contribution in [0.15, 0.2) is 18.3 Å². The Kier molecular flexibility index (Phi) is 6.79. The summed E-state index contributed by atoms with van der Waals surface area (Å²) >= 11 is 0. The zero-order valence-corrected chi connectivity index (χ0v) is 11.0. The Bertz CT molecular complexity index is 369. The Morgan fingerprint density at radius 2 is 2.28 bits per heavy atom. The molecule has 0 aliphatic heterocycles. The number of ether oxygens (including phenoxy) is 1. The fourth-order valence-corrected chi connectivity index (χ4v) is 1.51. The van der Waals surface area contributed by atoms with Crippen LogP contribution in [0.3, 0.4) is 0 Å². The molecule has 100 valence electrons. The minimum absolute atomic E-state index is 0.101. The van der Waals surface area contributed by atoms with Gasteiger partial charge in [0, 0.05) is 32.5 Å². The first-order chi connectivity index (χ1) is 8.79. The Hall–Kier alpha value is -1.62. The van der Waals surface area contributed by atoms with Crippen molar-refractivity contribution >= 4 is 11.7 Å². The highest BCUT2D eigenvalue weighted by atomic mass is 16.5. The van der Waals surface area contributed by atoms with Gasteiger partial charge in [0.25, 0.3) is 5.91 Å². The van der Waals surface area contributed by atoms with E-state index in [0.717, 1.165) is 13.0 Å². The molecule has 1 heterocycles. The van der Waals surface area contributed by atoms with Crippen LogP contribution in [0.5, 0.6) is 0 Å². The number of nitrogens with zero attached hydrogens (tertiary/aromatic N) is 1. The summed E-state index contributed by atoms with van der Waals surface area (Å²) in [4.78, 5) is 16.1. The van der Waals surface area contributed by atoms with Gasteiger partial charge in [-0.05, 0) is 32.4 Å². The van der Waals surface area contributed by atoms with Crippen LogP contribution < -0.4 is 10.6 Å². The highest BCUT2D eigenvalue weighted by molar-refractivity contribution is 5.98. The van der Waals surface area contributed by atoms with E-state index in [1.165, 1.54) is 0 Å². The molecule has 5 heteroatoms.